The molecule has 1 aromatic heterocycles. The minimum Gasteiger partial charge on any atom is -0.265 e. The summed E-state index contributed by atoms with van der Waals surface area (Å²) in [6, 6.07) is 10.8. The first-order valence-electron chi connectivity index (χ1n) is 4.42. The number of hydrogen-bond acceptors (Lipinski definition) is 3. The first-order valence-corrected chi connectivity index (χ1v) is 4.80. The molecule has 74 valence electrons. The van der Waals surface area contributed by atoms with Gasteiger partial charge in [0.25, 0.3) is 0 Å². The van der Waals surface area contributed by atoms with Gasteiger partial charge < -0.3 is 0 Å². The molecule has 15 heavy (non-hydrogen) atoms. The molecular weight excluding hydrogens is 210 g/mol. The Balaban J connectivity index is 2.15. The third kappa shape index (κ3) is 2.86. The quantitative estimate of drug-likeness (QED) is 0.697. The molecule has 1 aromatic carbocycles. The van der Waals surface area contributed by atoms with Crippen molar-refractivity contribution in [1.82, 2.24) is 4.98 Å². The van der Waals surface area contributed by atoms with E-state index in [0.29, 0.717) is 5.02 Å². The van der Waals surface area contributed by atoms with Crippen LogP contribution in [0.3, 0.4) is 0 Å². The fraction of sp³-hybridized carbons (Fsp3) is 0. The molecule has 0 amide bonds. The molecule has 2 aromatic rings. The smallest absolute Gasteiger partial charge is 0.0887 e. The summed E-state index contributed by atoms with van der Waals surface area (Å²) in [5.41, 5.74) is 1.55. The van der Waals surface area contributed by atoms with Gasteiger partial charge in [-0.05, 0) is 36.4 Å². The van der Waals surface area contributed by atoms with Crippen LogP contribution in [-0.2, 0) is 0 Å². The molecule has 0 N–H and O–H groups in total. The summed E-state index contributed by atoms with van der Waals surface area (Å²) in [7, 11) is 0. The molecule has 0 aliphatic carbocycles. The zero-order valence-corrected chi connectivity index (χ0v) is 8.59. The van der Waals surface area contributed by atoms with Crippen LogP contribution in [0.15, 0.2) is 59.0 Å². The Morgan fingerprint density at radius 2 is 1.33 bits per heavy atom. The molecule has 0 spiro atoms. The number of nitrogens with zero attached hydrogens (tertiary/aromatic N) is 3. The number of pyridine rings is 1. The summed E-state index contributed by atoms with van der Waals surface area (Å²) in [6.07, 6.45) is 3.35. The molecule has 0 atom stereocenters. The van der Waals surface area contributed by atoms with Crippen LogP contribution in [-0.4, -0.2) is 4.98 Å². The fourth-order valence-corrected chi connectivity index (χ4v) is 1.16. The lowest BCUT2D eigenvalue weighted by atomic mass is 10.3. The van der Waals surface area contributed by atoms with Crippen molar-refractivity contribution in [2.45, 2.75) is 0 Å². The molecule has 0 saturated heterocycles. The van der Waals surface area contributed by atoms with Crippen molar-refractivity contribution in [3.05, 3.63) is 53.8 Å². The molecule has 3 nitrogen and oxygen atoms in total. The standard InChI is InChI=1S/C11H8ClN3/c12-9-1-3-10(4-2-9)14-15-11-5-7-13-8-6-11/h1-8H. The summed E-state index contributed by atoms with van der Waals surface area (Å²) >= 11 is 5.75. The van der Waals surface area contributed by atoms with E-state index >= 15 is 0 Å². The van der Waals surface area contributed by atoms with E-state index in [1.165, 1.54) is 0 Å². The van der Waals surface area contributed by atoms with Crippen LogP contribution in [0.1, 0.15) is 0 Å². The van der Waals surface area contributed by atoms with Gasteiger partial charge in [0.15, 0.2) is 0 Å². The Bertz CT molecular complexity index is 451. The van der Waals surface area contributed by atoms with Gasteiger partial charge in [-0.3, -0.25) is 4.98 Å². The Morgan fingerprint density at radius 3 is 1.93 bits per heavy atom. The predicted molar refractivity (Wildman–Crippen MR) is 59.9 cm³/mol. The van der Waals surface area contributed by atoms with Gasteiger partial charge in [0.05, 0.1) is 11.4 Å². The first kappa shape index (κ1) is 9.80. The van der Waals surface area contributed by atoms with Crippen LogP contribution < -0.4 is 0 Å². The lowest BCUT2D eigenvalue weighted by molar-refractivity contribution is 1.21. The first-order chi connectivity index (χ1) is 7.34. The maximum absolute atomic E-state index is 5.75. The van der Waals surface area contributed by atoms with Crippen molar-refractivity contribution >= 4 is 23.0 Å². The van der Waals surface area contributed by atoms with E-state index in [9.17, 15) is 0 Å². The molecule has 0 aliphatic rings. The molecule has 4 heteroatoms. The second-order valence-corrected chi connectivity index (χ2v) is 3.32. The van der Waals surface area contributed by atoms with Crippen molar-refractivity contribution in [2.75, 3.05) is 0 Å². The highest BCUT2D eigenvalue weighted by molar-refractivity contribution is 6.30. The summed E-state index contributed by atoms with van der Waals surface area (Å²) in [6.45, 7) is 0. The second-order valence-electron chi connectivity index (χ2n) is 2.88. The van der Waals surface area contributed by atoms with E-state index in [2.05, 4.69) is 15.2 Å². The van der Waals surface area contributed by atoms with Crippen LogP contribution in [0.2, 0.25) is 5.02 Å². The van der Waals surface area contributed by atoms with Crippen LogP contribution >= 0.6 is 11.6 Å². The molecule has 0 saturated carbocycles. The molecule has 0 fully saturated rings. The number of aromatic nitrogens is 1. The van der Waals surface area contributed by atoms with E-state index in [1.807, 2.05) is 12.1 Å². The van der Waals surface area contributed by atoms with Gasteiger partial charge in [-0.25, -0.2) is 0 Å². The highest BCUT2D eigenvalue weighted by atomic mass is 35.5. The number of hydrogen-bond donors (Lipinski definition) is 0. The van der Waals surface area contributed by atoms with Crippen LogP contribution in [0.4, 0.5) is 11.4 Å². The number of halogens is 1. The lowest BCUT2D eigenvalue weighted by Crippen LogP contribution is -1.67. The number of rotatable bonds is 2. The Labute approximate surface area is 92.5 Å². The van der Waals surface area contributed by atoms with E-state index < -0.39 is 0 Å². The van der Waals surface area contributed by atoms with E-state index in [-0.39, 0.29) is 0 Å². The molecule has 2 rings (SSSR count). The molecule has 0 aliphatic heterocycles. The lowest BCUT2D eigenvalue weighted by Gasteiger charge is -1.92. The van der Waals surface area contributed by atoms with Gasteiger partial charge in [0, 0.05) is 17.4 Å². The predicted octanol–water partition coefficient (Wildman–Crippen LogP) is 4.15. The summed E-state index contributed by atoms with van der Waals surface area (Å²) in [4.78, 5) is 3.89. The minimum absolute atomic E-state index is 0.692. The Morgan fingerprint density at radius 1 is 0.800 bits per heavy atom. The van der Waals surface area contributed by atoms with Gasteiger partial charge >= 0.3 is 0 Å². The molecule has 0 unspecified atom stereocenters. The summed E-state index contributed by atoms with van der Waals surface area (Å²) < 4.78 is 0. The van der Waals surface area contributed by atoms with Gasteiger partial charge in [-0.1, -0.05) is 11.6 Å². The van der Waals surface area contributed by atoms with Gasteiger partial charge in [0.1, 0.15) is 0 Å². The number of azo groups is 1. The third-order valence-electron chi connectivity index (χ3n) is 1.77. The van der Waals surface area contributed by atoms with Crippen molar-refractivity contribution in [1.29, 1.82) is 0 Å². The molecule has 1 heterocycles. The topological polar surface area (TPSA) is 37.6 Å². The van der Waals surface area contributed by atoms with Gasteiger partial charge in [-0.2, -0.15) is 10.2 Å². The van der Waals surface area contributed by atoms with Crippen LogP contribution in [0.25, 0.3) is 0 Å². The maximum Gasteiger partial charge on any atom is 0.0887 e. The minimum atomic E-state index is 0.692. The van der Waals surface area contributed by atoms with Gasteiger partial charge in [0.2, 0.25) is 0 Å². The SMILES string of the molecule is Clc1ccc(N=Nc2ccncc2)cc1. The Hall–Kier alpha value is -1.74. The maximum atomic E-state index is 5.75. The molecule has 0 bridgehead atoms. The largest absolute Gasteiger partial charge is 0.265 e. The van der Waals surface area contributed by atoms with E-state index in [1.54, 1.807) is 36.7 Å². The zero-order valence-electron chi connectivity index (χ0n) is 7.84. The molecular formula is C11H8ClN3. The molecule has 0 radical (unpaired) electrons. The van der Waals surface area contributed by atoms with Crippen molar-refractivity contribution in [2.24, 2.45) is 10.2 Å². The average molecular weight is 218 g/mol. The van der Waals surface area contributed by atoms with Gasteiger partial charge in [-0.15, -0.1) is 0 Å². The normalized spacial score (nSPS) is 10.7. The Kier molecular flexibility index (Phi) is 3.05. The summed E-state index contributed by atoms with van der Waals surface area (Å²) in [5, 5.41) is 8.80. The summed E-state index contributed by atoms with van der Waals surface area (Å²) in [5.74, 6) is 0. The second kappa shape index (κ2) is 4.66. The highest BCUT2D eigenvalue weighted by Gasteiger charge is 1.90. The van der Waals surface area contributed by atoms with Crippen molar-refractivity contribution in [3.8, 4) is 0 Å². The van der Waals surface area contributed by atoms with Crippen LogP contribution in [0.5, 0.6) is 0 Å². The van der Waals surface area contributed by atoms with Crippen molar-refractivity contribution in [3.63, 3.8) is 0 Å². The number of benzene rings is 1. The fourth-order valence-electron chi connectivity index (χ4n) is 1.03. The van der Waals surface area contributed by atoms with E-state index in [0.717, 1.165) is 11.4 Å². The monoisotopic (exact) mass is 217 g/mol. The third-order valence-corrected chi connectivity index (χ3v) is 2.02. The zero-order chi connectivity index (χ0) is 10.5. The van der Waals surface area contributed by atoms with Crippen LogP contribution in [0, 0.1) is 0 Å². The van der Waals surface area contributed by atoms with Crippen molar-refractivity contribution < 1.29 is 0 Å². The highest BCUT2D eigenvalue weighted by Crippen LogP contribution is 2.19. The van der Waals surface area contributed by atoms with E-state index in [4.69, 9.17) is 11.6 Å². The average Bonchev–Trinajstić information content (AvgIpc) is 2.30.